The van der Waals surface area contributed by atoms with E-state index in [-0.39, 0.29) is 6.42 Å². The first-order valence-electron chi connectivity index (χ1n) is 9.48. The molecule has 1 heterocycles. The van der Waals surface area contributed by atoms with Crippen molar-refractivity contribution in [2.24, 2.45) is 17.2 Å². The van der Waals surface area contributed by atoms with E-state index in [1.807, 2.05) is 5.32 Å². The Bertz CT molecular complexity index is 874. The van der Waals surface area contributed by atoms with Gasteiger partial charge in [0.2, 0.25) is 29.5 Å². The zero-order chi connectivity index (χ0) is 25.1. The normalized spacial score (nSPS) is 14.2. The first-order chi connectivity index (χ1) is 15.4. The molecule has 1 aromatic heterocycles. The summed E-state index contributed by atoms with van der Waals surface area (Å²) in [6.45, 7) is -0.938. The summed E-state index contributed by atoms with van der Waals surface area (Å²) in [5.74, 6) is -6.34. The van der Waals surface area contributed by atoms with Gasteiger partial charge >= 0.3 is 5.97 Å². The Morgan fingerprint density at radius 1 is 0.909 bits per heavy atom. The van der Waals surface area contributed by atoms with Crippen LogP contribution in [0, 0.1) is 0 Å². The molecule has 1 aromatic rings. The molecule has 0 aliphatic rings. The lowest BCUT2D eigenvalue weighted by molar-refractivity contribution is -0.144. The monoisotopic (exact) mass is 470 g/mol. The Labute approximate surface area is 186 Å². The maximum Gasteiger partial charge on any atom is 0.326 e. The predicted octanol–water partition coefficient (Wildman–Crippen LogP) is -5.44. The molecule has 0 aliphatic heterocycles. The van der Waals surface area contributed by atoms with Gasteiger partial charge in [0.1, 0.15) is 18.1 Å². The molecule has 0 aromatic carbocycles. The van der Waals surface area contributed by atoms with Gasteiger partial charge < -0.3 is 48.3 Å². The number of nitrogens with one attached hydrogen (secondary N) is 4. The minimum atomic E-state index is -1.69. The predicted molar refractivity (Wildman–Crippen MR) is 108 cm³/mol. The van der Waals surface area contributed by atoms with Crippen LogP contribution in [0.2, 0.25) is 0 Å². The molecule has 33 heavy (non-hydrogen) atoms. The average Bonchev–Trinajstić information content (AvgIpc) is 3.22. The van der Waals surface area contributed by atoms with E-state index in [2.05, 4.69) is 20.6 Å². The quantitative estimate of drug-likeness (QED) is 0.124. The fourth-order valence-electron chi connectivity index (χ4n) is 2.55. The number of carbonyl (C=O) groups is 6. The molecular formula is C17H26N8O8. The van der Waals surface area contributed by atoms with Gasteiger partial charge in [-0.3, -0.25) is 24.0 Å². The van der Waals surface area contributed by atoms with Crippen molar-refractivity contribution in [3.05, 3.63) is 18.2 Å². The molecule has 182 valence electrons. The third-order valence-corrected chi connectivity index (χ3v) is 4.21. The number of imidazole rings is 1. The van der Waals surface area contributed by atoms with Crippen molar-refractivity contribution in [2.45, 2.75) is 43.4 Å². The van der Waals surface area contributed by atoms with Gasteiger partial charge in [-0.15, -0.1) is 0 Å². The maximum atomic E-state index is 12.7. The van der Waals surface area contributed by atoms with Crippen molar-refractivity contribution >= 4 is 35.5 Å². The van der Waals surface area contributed by atoms with E-state index in [1.165, 1.54) is 12.5 Å². The number of hydrogen-bond donors (Lipinski definition) is 9. The van der Waals surface area contributed by atoms with Crippen LogP contribution in [0.1, 0.15) is 18.5 Å². The fraction of sp³-hybridized carbons (Fsp3) is 0.471. The highest BCUT2D eigenvalue weighted by Gasteiger charge is 2.31. The number of carboxylic acid groups (broad SMARTS) is 1. The summed E-state index contributed by atoms with van der Waals surface area (Å²) in [5.41, 5.74) is 15.9. The van der Waals surface area contributed by atoms with Gasteiger partial charge in [-0.1, -0.05) is 0 Å². The number of aromatic nitrogens is 2. The minimum Gasteiger partial charge on any atom is -0.480 e. The molecule has 0 aliphatic carbocycles. The molecule has 0 bridgehead atoms. The van der Waals surface area contributed by atoms with Crippen LogP contribution < -0.4 is 33.2 Å². The highest BCUT2D eigenvalue weighted by Crippen LogP contribution is 2.02. The van der Waals surface area contributed by atoms with Crippen LogP contribution in [-0.2, 0) is 35.2 Å². The minimum absolute atomic E-state index is 0.139. The lowest BCUT2D eigenvalue weighted by Gasteiger charge is -2.23. The number of aliphatic hydroxyl groups excluding tert-OH is 1. The number of aromatic amines is 1. The standard InChI is InChI=1S/C17H26N8O8/c18-8(2-12(19)27)14(29)23-9(1-7-4-21-6-22-7)15(30)25-11(5-26)16(31)24-10(17(32)33)3-13(20)28/h4,6,8-11,26H,1-3,5,18H2,(H2,19,27)(H2,20,28)(H,21,22)(H,23,29)(H,24,31)(H,25,30)(H,32,33). The number of primary amides is 2. The second-order valence-electron chi connectivity index (χ2n) is 6.93. The SMILES string of the molecule is NC(=O)CC(N)C(=O)NC(Cc1cnc[nH]1)C(=O)NC(CO)C(=O)NC(CC(N)=O)C(=O)O. The van der Waals surface area contributed by atoms with Crippen LogP contribution in [0.3, 0.4) is 0 Å². The van der Waals surface area contributed by atoms with Crippen LogP contribution >= 0.6 is 0 Å². The highest BCUT2D eigenvalue weighted by molar-refractivity contribution is 5.95. The number of nitrogens with two attached hydrogens (primary N) is 3. The molecule has 1 rings (SSSR count). The Morgan fingerprint density at radius 2 is 1.45 bits per heavy atom. The molecule has 12 N–H and O–H groups in total. The molecule has 0 fully saturated rings. The highest BCUT2D eigenvalue weighted by atomic mass is 16.4. The van der Waals surface area contributed by atoms with E-state index in [9.17, 15) is 33.9 Å². The van der Waals surface area contributed by atoms with E-state index in [4.69, 9.17) is 22.3 Å². The summed E-state index contributed by atoms with van der Waals surface area (Å²) in [7, 11) is 0. The van der Waals surface area contributed by atoms with E-state index in [0.717, 1.165) is 0 Å². The van der Waals surface area contributed by atoms with Crippen LogP contribution in [0.4, 0.5) is 0 Å². The van der Waals surface area contributed by atoms with E-state index < -0.39 is 79.1 Å². The number of aliphatic hydroxyl groups is 1. The smallest absolute Gasteiger partial charge is 0.326 e. The van der Waals surface area contributed by atoms with E-state index >= 15 is 0 Å². The molecule has 0 saturated carbocycles. The third kappa shape index (κ3) is 9.32. The molecule has 16 nitrogen and oxygen atoms in total. The van der Waals surface area contributed by atoms with Gasteiger partial charge in [-0.25, -0.2) is 9.78 Å². The molecule has 0 spiro atoms. The Morgan fingerprint density at radius 3 is 1.94 bits per heavy atom. The second-order valence-corrected chi connectivity index (χ2v) is 6.93. The van der Waals surface area contributed by atoms with Gasteiger partial charge in [0.05, 0.1) is 31.8 Å². The number of nitrogens with zero attached hydrogens (tertiary/aromatic N) is 1. The lowest BCUT2D eigenvalue weighted by Crippen LogP contribution is -2.59. The topological polar surface area (TPSA) is 286 Å². The van der Waals surface area contributed by atoms with Crippen LogP contribution in [-0.4, -0.2) is 86.5 Å². The lowest BCUT2D eigenvalue weighted by atomic mass is 10.1. The Kier molecular flexibility index (Phi) is 10.4. The van der Waals surface area contributed by atoms with Crippen molar-refractivity contribution in [2.75, 3.05) is 6.61 Å². The summed E-state index contributed by atoms with van der Waals surface area (Å²) in [5, 5.41) is 25.0. The third-order valence-electron chi connectivity index (χ3n) is 4.21. The number of carbonyl (C=O) groups excluding carboxylic acids is 5. The Hall–Kier alpha value is -4.05. The molecule has 5 amide bonds. The van der Waals surface area contributed by atoms with Gasteiger partial charge in [0.25, 0.3) is 0 Å². The number of aliphatic carboxylic acids is 1. The Balaban J connectivity index is 2.94. The first kappa shape index (κ1) is 27.0. The summed E-state index contributed by atoms with van der Waals surface area (Å²) in [6, 6.07) is -6.00. The fourth-order valence-corrected chi connectivity index (χ4v) is 2.55. The van der Waals surface area contributed by atoms with Crippen LogP contribution in [0.25, 0.3) is 0 Å². The summed E-state index contributed by atoms with van der Waals surface area (Å²) in [6.07, 6.45) is 1.35. The zero-order valence-electron chi connectivity index (χ0n) is 17.3. The van der Waals surface area contributed by atoms with Crippen molar-refractivity contribution in [3.63, 3.8) is 0 Å². The second kappa shape index (κ2) is 12.7. The maximum absolute atomic E-state index is 12.7. The molecule has 16 heteroatoms. The van der Waals surface area contributed by atoms with Crippen molar-refractivity contribution < 1.29 is 39.0 Å². The average molecular weight is 470 g/mol. The largest absolute Gasteiger partial charge is 0.480 e. The van der Waals surface area contributed by atoms with E-state index in [1.54, 1.807) is 0 Å². The van der Waals surface area contributed by atoms with Crippen molar-refractivity contribution in [3.8, 4) is 0 Å². The molecule has 4 atom stereocenters. The summed E-state index contributed by atoms with van der Waals surface area (Å²) in [4.78, 5) is 77.0. The van der Waals surface area contributed by atoms with Crippen molar-refractivity contribution in [1.29, 1.82) is 0 Å². The van der Waals surface area contributed by atoms with Crippen LogP contribution in [0.5, 0.6) is 0 Å². The summed E-state index contributed by atoms with van der Waals surface area (Å²) < 4.78 is 0. The van der Waals surface area contributed by atoms with E-state index in [0.29, 0.717) is 5.69 Å². The number of H-pyrrole nitrogens is 1. The first-order valence-corrected chi connectivity index (χ1v) is 9.48. The van der Waals surface area contributed by atoms with Gasteiger partial charge in [-0.2, -0.15) is 0 Å². The molecular weight excluding hydrogens is 444 g/mol. The number of hydrogen-bond acceptors (Lipinski definition) is 9. The van der Waals surface area contributed by atoms with Gasteiger partial charge in [0.15, 0.2) is 0 Å². The number of carboxylic acids is 1. The molecule has 4 unspecified atom stereocenters. The summed E-state index contributed by atoms with van der Waals surface area (Å²) >= 11 is 0. The molecule has 0 radical (unpaired) electrons. The van der Waals surface area contributed by atoms with Gasteiger partial charge in [-0.05, 0) is 0 Å². The van der Waals surface area contributed by atoms with Gasteiger partial charge in [0, 0.05) is 18.3 Å². The number of rotatable bonds is 14. The molecule has 0 saturated heterocycles. The van der Waals surface area contributed by atoms with Crippen molar-refractivity contribution in [1.82, 2.24) is 25.9 Å². The number of amides is 5. The zero-order valence-corrected chi connectivity index (χ0v) is 17.3. The van der Waals surface area contributed by atoms with Crippen LogP contribution in [0.15, 0.2) is 12.5 Å².